The SMILES string of the molecule is CC.CC.CNC1(CCCCn2nc(C)c3c2CCN(c2cc(C)nc4c2cnn4C)C3)CCCC1. The van der Waals surface area contributed by atoms with E-state index in [1.165, 1.54) is 67.6 Å². The van der Waals surface area contributed by atoms with Gasteiger partial charge in [0.05, 0.1) is 23.0 Å². The first-order chi connectivity index (χ1) is 17.5. The zero-order chi connectivity index (χ0) is 26.3. The minimum Gasteiger partial charge on any atom is -0.366 e. The highest BCUT2D eigenvalue weighted by molar-refractivity contribution is 5.89. The molecule has 0 amide bonds. The van der Waals surface area contributed by atoms with Gasteiger partial charge in [-0.1, -0.05) is 40.5 Å². The third kappa shape index (κ3) is 5.77. The minimum absolute atomic E-state index is 0.403. The number of fused-ring (bicyclic) bond motifs is 2. The highest BCUT2D eigenvalue weighted by atomic mass is 15.3. The molecule has 7 heteroatoms. The van der Waals surface area contributed by atoms with E-state index >= 15 is 0 Å². The first kappa shape index (κ1) is 28.2. The Morgan fingerprint density at radius 3 is 2.47 bits per heavy atom. The molecule has 0 bridgehead atoms. The summed E-state index contributed by atoms with van der Waals surface area (Å²) >= 11 is 0. The number of hydrogen-bond donors (Lipinski definition) is 1. The van der Waals surface area contributed by atoms with Gasteiger partial charge >= 0.3 is 0 Å². The maximum absolute atomic E-state index is 4.96. The fourth-order valence-corrected chi connectivity index (χ4v) is 5.94. The van der Waals surface area contributed by atoms with Crippen molar-refractivity contribution in [2.45, 2.75) is 112 Å². The lowest BCUT2D eigenvalue weighted by atomic mass is 9.91. The number of anilines is 1. The Balaban J connectivity index is 0.000000861. The summed E-state index contributed by atoms with van der Waals surface area (Å²) in [5.74, 6) is 0. The standard InChI is InChI=1S/C25H37N7.2C2H6/c1-18-15-23(20-16-27-30(4)24(20)28-18)31-14-9-22-21(17-31)19(2)29-32(22)13-8-7-12-25(26-3)10-5-6-11-25;2*1-2/h15-16,26H,5-14,17H2,1-4H3;2*1-2H3. The molecule has 200 valence electrons. The molecule has 7 nitrogen and oxygen atoms in total. The van der Waals surface area contributed by atoms with Crippen LogP contribution < -0.4 is 10.2 Å². The van der Waals surface area contributed by atoms with E-state index in [1.54, 1.807) is 0 Å². The van der Waals surface area contributed by atoms with Gasteiger partial charge in [0.15, 0.2) is 5.65 Å². The summed E-state index contributed by atoms with van der Waals surface area (Å²) in [5.41, 5.74) is 7.67. The number of aryl methyl sites for hydroxylation is 4. The van der Waals surface area contributed by atoms with E-state index in [9.17, 15) is 0 Å². The number of nitrogens with one attached hydrogen (secondary N) is 1. The van der Waals surface area contributed by atoms with Gasteiger partial charge < -0.3 is 10.2 Å². The minimum atomic E-state index is 0.403. The topological polar surface area (TPSA) is 63.8 Å². The van der Waals surface area contributed by atoms with Crippen LogP contribution in [0.2, 0.25) is 0 Å². The van der Waals surface area contributed by atoms with Crippen LogP contribution in [0.15, 0.2) is 12.3 Å². The molecule has 1 aliphatic heterocycles. The number of rotatable bonds is 7. The van der Waals surface area contributed by atoms with Crippen LogP contribution >= 0.6 is 0 Å². The van der Waals surface area contributed by atoms with E-state index in [0.717, 1.165) is 42.8 Å². The van der Waals surface area contributed by atoms with E-state index in [4.69, 9.17) is 10.1 Å². The van der Waals surface area contributed by atoms with E-state index in [2.05, 4.69) is 47.0 Å². The van der Waals surface area contributed by atoms with Crippen molar-refractivity contribution < 1.29 is 0 Å². The second kappa shape index (κ2) is 12.7. The van der Waals surface area contributed by atoms with E-state index in [0.29, 0.717) is 5.54 Å². The molecule has 1 fully saturated rings. The molecule has 0 atom stereocenters. The molecule has 1 aliphatic carbocycles. The van der Waals surface area contributed by atoms with Crippen molar-refractivity contribution in [2.75, 3.05) is 18.5 Å². The summed E-state index contributed by atoms with van der Waals surface area (Å²) in [6, 6.07) is 2.20. The van der Waals surface area contributed by atoms with Crippen LogP contribution in [-0.4, -0.2) is 43.7 Å². The first-order valence-corrected chi connectivity index (χ1v) is 14.3. The van der Waals surface area contributed by atoms with Gasteiger partial charge in [-0.25, -0.2) is 4.98 Å². The fraction of sp³-hybridized carbons (Fsp3) is 0.690. The normalized spacial score (nSPS) is 16.3. The van der Waals surface area contributed by atoms with Gasteiger partial charge in [-0.2, -0.15) is 10.2 Å². The molecular formula is C29H49N7. The Morgan fingerprint density at radius 2 is 1.78 bits per heavy atom. The average molecular weight is 496 g/mol. The molecular weight excluding hydrogens is 446 g/mol. The van der Waals surface area contributed by atoms with Crippen LogP contribution in [0.4, 0.5) is 5.69 Å². The lowest BCUT2D eigenvalue weighted by Gasteiger charge is -2.30. The number of aromatic nitrogens is 5. The summed E-state index contributed by atoms with van der Waals surface area (Å²) in [6.45, 7) is 15.2. The van der Waals surface area contributed by atoms with Gasteiger partial charge in [-0.15, -0.1) is 0 Å². The predicted octanol–water partition coefficient (Wildman–Crippen LogP) is 6.10. The van der Waals surface area contributed by atoms with Crippen LogP contribution in [0, 0.1) is 13.8 Å². The predicted molar refractivity (Wildman–Crippen MR) is 152 cm³/mol. The van der Waals surface area contributed by atoms with Crippen molar-refractivity contribution in [1.82, 2.24) is 29.9 Å². The van der Waals surface area contributed by atoms with Crippen LogP contribution in [0.1, 0.15) is 95.3 Å². The largest absolute Gasteiger partial charge is 0.366 e. The number of hydrogen-bond acceptors (Lipinski definition) is 5. The zero-order valence-electron chi connectivity index (χ0n) is 24.1. The Bertz CT molecular complexity index is 1100. The van der Waals surface area contributed by atoms with Gasteiger partial charge in [0.2, 0.25) is 0 Å². The zero-order valence-corrected chi connectivity index (χ0v) is 24.1. The molecule has 1 saturated carbocycles. The monoisotopic (exact) mass is 495 g/mol. The van der Waals surface area contributed by atoms with Gasteiger partial charge in [0.1, 0.15) is 0 Å². The van der Waals surface area contributed by atoms with Crippen LogP contribution in [-0.2, 0) is 26.6 Å². The van der Waals surface area contributed by atoms with E-state index in [-0.39, 0.29) is 0 Å². The summed E-state index contributed by atoms with van der Waals surface area (Å²) in [4.78, 5) is 7.17. The van der Waals surface area contributed by atoms with Crippen LogP contribution in [0.5, 0.6) is 0 Å². The van der Waals surface area contributed by atoms with E-state index in [1.807, 2.05) is 45.6 Å². The number of pyridine rings is 1. The second-order valence-electron chi connectivity index (χ2n) is 9.89. The second-order valence-corrected chi connectivity index (χ2v) is 9.89. The molecule has 0 unspecified atom stereocenters. The summed E-state index contributed by atoms with van der Waals surface area (Å²) < 4.78 is 4.18. The van der Waals surface area contributed by atoms with Crippen molar-refractivity contribution in [3.8, 4) is 0 Å². The third-order valence-electron chi connectivity index (χ3n) is 7.85. The quantitative estimate of drug-likeness (QED) is 0.401. The molecule has 36 heavy (non-hydrogen) atoms. The molecule has 0 spiro atoms. The van der Waals surface area contributed by atoms with Crippen molar-refractivity contribution in [3.05, 3.63) is 34.9 Å². The van der Waals surface area contributed by atoms with Gasteiger partial charge in [0, 0.05) is 55.6 Å². The highest BCUT2D eigenvalue weighted by Gasteiger charge is 2.31. The molecule has 1 N–H and O–H groups in total. The van der Waals surface area contributed by atoms with Crippen molar-refractivity contribution in [1.29, 1.82) is 0 Å². The number of unbranched alkanes of at least 4 members (excludes halogenated alkanes) is 1. The molecule has 5 rings (SSSR count). The number of nitrogens with zero attached hydrogens (tertiary/aromatic N) is 6. The lowest BCUT2D eigenvalue weighted by Crippen LogP contribution is -2.39. The Labute approximate surface area is 218 Å². The van der Waals surface area contributed by atoms with Crippen LogP contribution in [0.3, 0.4) is 0 Å². The van der Waals surface area contributed by atoms with Gasteiger partial charge in [0.25, 0.3) is 0 Å². The summed E-state index contributed by atoms with van der Waals surface area (Å²) in [5, 5.41) is 14.2. The Morgan fingerprint density at radius 1 is 1.06 bits per heavy atom. The first-order valence-electron chi connectivity index (χ1n) is 14.3. The van der Waals surface area contributed by atoms with Crippen LogP contribution in [0.25, 0.3) is 11.0 Å². The highest BCUT2D eigenvalue weighted by Crippen LogP contribution is 2.34. The molecule has 0 saturated heterocycles. The van der Waals surface area contributed by atoms with Crippen molar-refractivity contribution >= 4 is 16.7 Å². The Hall–Kier alpha value is -2.41. The maximum atomic E-state index is 4.96. The summed E-state index contributed by atoms with van der Waals surface area (Å²) in [7, 11) is 4.11. The van der Waals surface area contributed by atoms with Crippen molar-refractivity contribution in [2.24, 2.45) is 7.05 Å². The molecule has 4 heterocycles. The molecule has 3 aromatic heterocycles. The lowest BCUT2D eigenvalue weighted by molar-refractivity contribution is 0.316. The third-order valence-corrected chi connectivity index (χ3v) is 7.85. The maximum Gasteiger partial charge on any atom is 0.159 e. The van der Waals surface area contributed by atoms with Crippen molar-refractivity contribution in [3.63, 3.8) is 0 Å². The molecule has 0 radical (unpaired) electrons. The molecule has 0 aromatic carbocycles. The Kier molecular flexibility index (Phi) is 9.94. The van der Waals surface area contributed by atoms with Gasteiger partial charge in [-0.3, -0.25) is 9.36 Å². The smallest absolute Gasteiger partial charge is 0.159 e. The summed E-state index contributed by atoms with van der Waals surface area (Å²) in [6.07, 6.45) is 12.2. The average Bonchev–Trinajstić information content (AvgIpc) is 3.62. The molecule has 2 aliphatic rings. The fourth-order valence-electron chi connectivity index (χ4n) is 5.94. The molecule has 3 aromatic rings. The van der Waals surface area contributed by atoms with Gasteiger partial charge in [-0.05, 0) is 59.1 Å². The van der Waals surface area contributed by atoms with E-state index < -0.39 is 0 Å².